The number of anilines is 1. The van der Waals surface area contributed by atoms with E-state index in [0.717, 1.165) is 11.1 Å². The van der Waals surface area contributed by atoms with Crippen molar-refractivity contribution in [2.45, 2.75) is 6.04 Å². The van der Waals surface area contributed by atoms with Gasteiger partial charge in [0.15, 0.2) is 0 Å². The molecule has 2 heteroatoms. The summed E-state index contributed by atoms with van der Waals surface area (Å²) in [5.41, 5.74) is 2.70. The number of nitrogens with one attached hydrogen (secondary N) is 1. The van der Waals surface area contributed by atoms with Crippen LogP contribution in [0.4, 0.5) is 10.1 Å². The van der Waals surface area contributed by atoms with Crippen molar-refractivity contribution in [2.75, 3.05) is 5.32 Å². The minimum atomic E-state index is -0.249. The molecule has 0 spiro atoms. The topological polar surface area (TPSA) is 12.0 Å². The van der Waals surface area contributed by atoms with Crippen LogP contribution in [0.2, 0.25) is 0 Å². The van der Waals surface area contributed by atoms with Crippen LogP contribution in [0.1, 0.15) is 17.2 Å². The fourth-order valence-corrected chi connectivity index (χ4v) is 2.42. The average Bonchev–Trinajstić information content (AvgIpc) is 2.62. The highest BCUT2D eigenvalue weighted by Gasteiger charge is 2.09. The molecule has 1 atom stereocenters. The van der Waals surface area contributed by atoms with E-state index in [4.69, 9.17) is 0 Å². The Morgan fingerprint density at radius 3 is 2.04 bits per heavy atom. The maximum Gasteiger partial charge on any atom is 0.146 e. The molecule has 0 saturated carbocycles. The van der Waals surface area contributed by atoms with Crippen molar-refractivity contribution in [3.63, 3.8) is 0 Å². The van der Waals surface area contributed by atoms with E-state index in [9.17, 15) is 4.39 Å². The van der Waals surface area contributed by atoms with Crippen LogP contribution < -0.4 is 5.32 Å². The van der Waals surface area contributed by atoms with E-state index >= 15 is 0 Å². The number of halogens is 1. The highest BCUT2D eigenvalue weighted by atomic mass is 19.1. The first-order valence-electron chi connectivity index (χ1n) is 7.62. The van der Waals surface area contributed by atoms with E-state index in [0.29, 0.717) is 5.69 Å². The van der Waals surface area contributed by atoms with Gasteiger partial charge in [-0.05, 0) is 23.3 Å². The quantitative estimate of drug-likeness (QED) is 0.638. The molecule has 3 aromatic carbocycles. The fraction of sp³-hybridized carbons (Fsp3) is 0.0476. The molecule has 114 valence electrons. The van der Waals surface area contributed by atoms with Crippen molar-refractivity contribution >= 4 is 11.8 Å². The normalized spacial score (nSPS) is 12.2. The molecule has 0 aromatic heterocycles. The highest BCUT2D eigenvalue weighted by Crippen LogP contribution is 2.23. The van der Waals surface area contributed by atoms with Crippen LogP contribution in [0.25, 0.3) is 6.08 Å². The zero-order valence-electron chi connectivity index (χ0n) is 12.7. The maximum absolute atomic E-state index is 13.9. The lowest BCUT2D eigenvalue weighted by molar-refractivity contribution is 0.629. The predicted molar refractivity (Wildman–Crippen MR) is 94.7 cm³/mol. The first-order valence-corrected chi connectivity index (χ1v) is 7.62. The molecule has 0 fully saturated rings. The summed E-state index contributed by atoms with van der Waals surface area (Å²) in [6, 6.07) is 26.7. The molecule has 23 heavy (non-hydrogen) atoms. The third kappa shape index (κ3) is 4.07. The van der Waals surface area contributed by atoms with E-state index in [1.54, 1.807) is 12.1 Å². The summed E-state index contributed by atoms with van der Waals surface area (Å²) in [5.74, 6) is -0.249. The monoisotopic (exact) mass is 303 g/mol. The van der Waals surface area contributed by atoms with Crippen LogP contribution >= 0.6 is 0 Å². The van der Waals surface area contributed by atoms with Gasteiger partial charge in [0.2, 0.25) is 0 Å². The van der Waals surface area contributed by atoms with Gasteiger partial charge >= 0.3 is 0 Å². The summed E-state index contributed by atoms with van der Waals surface area (Å²) in [6.07, 6.45) is 4.10. The smallest absolute Gasteiger partial charge is 0.146 e. The highest BCUT2D eigenvalue weighted by molar-refractivity contribution is 5.54. The zero-order chi connectivity index (χ0) is 15.9. The maximum atomic E-state index is 13.9. The van der Waals surface area contributed by atoms with Gasteiger partial charge < -0.3 is 5.32 Å². The van der Waals surface area contributed by atoms with E-state index in [1.165, 1.54) is 6.07 Å². The van der Waals surface area contributed by atoms with Crippen molar-refractivity contribution in [1.82, 2.24) is 0 Å². The number of para-hydroxylation sites is 1. The number of benzene rings is 3. The van der Waals surface area contributed by atoms with Gasteiger partial charge in [-0.2, -0.15) is 0 Å². The molecule has 3 aromatic rings. The number of hydrogen-bond acceptors (Lipinski definition) is 1. The van der Waals surface area contributed by atoms with Gasteiger partial charge in [-0.3, -0.25) is 0 Å². The molecule has 0 saturated heterocycles. The molecule has 1 N–H and O–H groups in total. The second kappa shape index (κ2) is 7.41. The van der Waals surface area contributed by atoms with Crippen LogP contribution in [-0.2, 0) is 0 Å². The standard InChI is InChI=1S/C21H18FN/c22-19-13-7-8-14-21(19)23-20(18-11-5-2-6-12-18)16-15-17-9-3-1-4-10-17/h1-16,20,23H. The molecular weight excluding hydrogens is 285 g/mol. The Morgan fingerprint density at radius 1 is 0.739 bits per heavy atom. The molecular formula is C21H18FN. The van der Waals surface area contributed by atoms with E-state index in [-0.39, 0.29) is 11.9 Å². The van der Waals surface area contributed by atoms with Gasteiger partial charge in [0.1, 0.15) is 5.82 Å². The molecule has 0 aliphatic rings. The van der Waals surface area contributed by atoms with Crippen molar-refractivity contribution in [2.24, 2.45) is 0 Å². The second-order valence-corrected chi connectivity index (χ2v) is 5.28. The van der Waals surface area contributed by atoms with Crippen molar-refractivity contribution < 1.29 is 4.39 Å². The van der Waals surface area contributed by atoms with E-state index in [2.05, 4.69) is 11.4 Å². The van der Waals surface area contributed by atoms with Gasteiger partial charge in [-0.1, -0.05) is 84.9 Å². The SMILES string of the molecule is Fc1ccccc1NC(C=Cc1ccccc1)c1ccccc1. The summed E-state index contributed by atoms with van der Waals surface area (Å²) in [5, 5.41) is 3.27. The lowest BCUT2D eigenvalue weighted by Crippen LogP contribution is -2.09. The van der Waals surface area contributed by atoms with Gasteiger partial charge in [0, 0.05) is 0 Å². The number of rotatable bonds is 5. The van der Waals surface area contributed by atoms with Crippen molar-refractivity contribution in [3.8, 4) is 0 Å². The Morgan fingerprint density at radius 2 is 1.35 bits per heavy atom. The third-order valence-corrected chi connectivity index (χ3v) is 3.62. The molecule has 1 unspecified atom stereocenters. The molecule has 0 amide bonds. The average molecular weight is 303 g/mol. The Bertz CT molecular complexity index is 766. The van der Waals surface area contributed by atoms with Gasteiger partial charge in [-0.25, -0.2) is 4.39 Å². The van der Waals surface area contributed by atoms with Gasteiger partial charge in [0.25, 0.3) is 0 Å². The third-order valence-electron chi connectivity index (χ3n) is 3.62. The molecule has 0 bridgehead atoms. The predicted octanol–water partition coefficient (Wildman–Crippen LogP) is 5.69. The molecule has 0 radical (unpaired) electrons. The van der Waals surface area contributed by atoms with Gasteiger partial charge in [0.05, 0.1) is 11.7 Å². The fourth-order valence-electron chi connectivity index (χ4n) is 2.42. The lowest BCUT2D eigenvalue weighted by atomic mass is 10.0. The molecule has 1 nitrogen and oxygen atoms in total. The molecule has 0 heterocycles. The summed E-state index contributed by atoms with van der Waals surface area (Å²) < 4.78 is 13.9. The van der Waals surface area contributed by atoms with Crippen LogP contribution in [0.15, 0.2) is 91.0 Å². The lowest BCUT2D eigenvalue weighted by Gasteiger charge is -2.17. The van der Waals surface area contributed by atoms with Crippen LogP contribution in [0.3, 0.4) is 0 Å². The second-order valence-electron chi connectivity index (χ2n) is 5.28. The Kier molecular flexibility index (Phi) is 4.85. The van der Waals surface area contributed by atoms with Crippen molar-refractivity contribution in [1.29, 1.82) is 0 Å². The van der Waals surface area contributed by atoms with E-state index < -0.39 is 0 Å². The molecule has 3 rings (SSSR count). The Labute approximate surface area is 136 Å². The minimum Gasteiger partial charge on any atom is -0.372 e. The van der Waals surface area contributed by atoms with Crippen LogP contribution in [0.5, 0.6) is 0 Å². The summed E-state index contributed by atoms with van der Waals surface area (Å²) in [6.45, 7) is 0. The first kappa shape index (κ1) is 15.0. The van der Waals surface area contributed by atoms with E-state index in [1.807, 2.05) is 72.8 Å². The van der Waals surface area contributed by atoms with Gasteiger partial charge in [-0.15, -0.1) is 0 Å². The molecule has 0 aliphatic carbocycles. The molecule has 0 aliphatic heterocycles. The minimum absolute atomic E-state index is 0.103. The van der Waals surface area contributed by atoms with Crippen LogP contribution in [-0.4, -0.2) is 0 Å². The Hall–Kier alpha value is -2.87. The van der Waals surface area contributed by atoms with Crippen LogP contribution in [0, 0.1) is 5.82 Å². The summed E-state index contributed by atoms with van der Waals surface area (Å²) in [4.78, 5) is 0. The van der Waals surface area contributed by atoms with Crippen molar-refractivity contribution in [3.05, 3.63) is 108 Å². The zero-order valence-corrected chi connectivity index (χ0v) is 12.7. The largest absolute Gasteiger partial charge is 0.372 e. The summed E-state index contributed by atoms with van der Waals surface area (Å²) >= 11 is 0. The first-order chi connectivity index (χ1) is 11.3. The number of hydrogen-bond donors (Lipinski definition) is 1. The summed E-state index contributed by atoms with van der Waals surface area (Å²) in [7, 11) is 0. The Balaban J connectivity index is 1.88.